The molecule has 0 heterocycles. The summed E-state index contributed by atoms with van der Waals surface area (Å²) < 4.78 is 10.7. The van der Waals surface area contributed by atoms with Crippen LogP contribution in [-0.2, 0) is 16.0 Å². The Labute approximate surface area is 181 Å². The first-order valence-corrected chi connectivity index (χ1v) is 9.86. The van der Waals surface area contributed by atoms with Gasteiger partial charge in [-0.2, -0.15) is 5.10 Å². The van der Waals surface area contributed by atoms with Crippen LogP contribution in [0.5, 0.6) is 17.2 Å². The highest BCUT2D eigenvalue weighted by atomic mass is 16.5. The standard InChI is InChI=1S/C23H27N3O5/c1-4-6-12-31-19-10-8-18(9-11-19)25-22(28)23(29)26-24-15-16-13-17(7-5-2)21(27)20(14-16)30-3/h5,8-11,13-15,27H,2,4,6-7,12H2,1,3H3,(H,25,28)(H,26,29)/b24-15+. The predicted octanol–water partition coefficient (Wildman–Crippen LogP) is 3.40. The van der Waals surface area contributed by atoms with Gasteiger partial charge in [0.25, 0.3) is 0 Å². The van der Waals surface area contributed by atoms with Gasteiger partial charge in [-0.05, 0) is 54.8 Å². The van der Waals surface area contributed by atoms with Gasteiger partial charge in [0, 0.05) is 11.3 Å². The van der Waals surface area contributed by atoms with Crippen LogP contribution in [0, 0.1) is 0 Å². The zero-order valence-corrected chi connectivity index (χ0v) is 17.7. The second-order valence-corrected chi connectivity index (χ2v) is 6.60. The minimum atomic E-state index is -0.920. The summed E-state index contributed by atoms with van der Waals surface area (Å²) in [5, 5.41) is 16.4. The number of phenols is 1. The summed E-state index contributed by atoms with van der Waals surface area (Å²) in [7, 11) is 1.43. The van der Waals surface area contributed by atoms with Gasteiger partial charge in [0.2, 0.25) is 0 Å². The maximum Gasteiger partial charge on any atom is 0.329 e. The average Bonchev–Trinajstić information content (AvgIpc) is 2.77. The predicted molar refractivity (Wildman–Crippen MR) is 120 cm³/mol. The SMILES string of the molecule is C=CCc1cc(/C=N/NC(=O)C(=O)Nc2ccc(OCCCC)cc2)cc(OC)c1O. The highest BCUT2D eigenvalue weighted by Gasteiger charge is 2.13. The normalized spacial score (nSPS) is 10.5. The van der Waals surface area contributed by atoms with Crippen molar-refractivity contribution in [2.75, 3.05) is 19.0 Å². The second-order valence-electron chi connectivity index (χ2n) is 6.60. The molecule has 2 amide bonds. The molecule has 31 heavy (non-hydrogen) atoms. The number of carbonyl (C=O) groups excluding carboxylic acids is 2. The lowest BCUT2D eigenvalue weighted by molar-refractivity contribution is -0.136. The lowest BCUT2D eigenvalue weighted by Crippen LogP contribution is -2.32. The van der Waals surface area contributed by atoms with E-state index in [0.717, 1.165) is 12.8 Å². The molecule has 0 aromatic heterocycles. The smallest absolute Gasteiger partial charge is 0.329 e. The van der Waals surface area contributed by atoms with Crippen molar-refractivity contribution in [1.82, 2.24) is 5.43 Å². The number of carbonyl (C=O) groups is 2. The first-order chi connectivity index (χ1) is 15.0. The van der Waals surface area contributed by atoms with E-state index >= 15 is 0 Å². The zero-order valence-electron chi connectivity index (χ0n) is 17.7. The second kappa shape index (κ2) is 12.0. The first kappa shape index (κ1) is 23.5. The van der Waals surface area contributed by atoms with Crippen LogP contribution in [0.25, 0.3) is 0 Å². The molecular formula is C23H27N3O5. The molecule has 0 aliphatic rings. The van der Waals surface area contributed by atoms with Crippen LogP contribution in [0.4, 0.5) is 5.69 Å². The molecule has 3 N–H and O–H groups in total. The number of benzene rings is 2. The number of nitrogens with one attached hydrogen (secondary N) is 2. The van der Waals surface area contributed by atoms with Gasteiger partial charge in [0.05, 0.1) is 19.9 Å². The Morgan fingerprint density at radius 2 is 1.94 bits per heavy atom. The summed E-state index contributed by atoms with van der Waals surface area (Å²) in [6.45, 7) is 6.36. The van der Waals surface area contributed by atoms with E-state index in [1.165, 1.54) is 13.3 Å². The van der Waals surface area contributed by atoms with E-state index in [9.17, 15) is 14.7 Å². The number of rotatable bonds is 10. The zero-order chi connectivity index (χ0) is 22.6. The average molecular weight is 425 g/mol. The van der Waals surface area contributed by atoms with Crippen molar-refractivity contribution in [3.63, 3.8) is 0 Å². The van der Waals surface area contributed by atoms with E-state index in [-0.39, 0.29) is 11.5 Å². The van der Waals surface area contributed by atoms with Crippen LogP contribution in [0.1, 0.15) is 30.9 Å². The molecule has 2 aromatic carbocycles. The molecule has 0 radical (unpaired) electrons. The van der Waals surface area contributed by atoms with Gasteiger partial charge < -0.3 is 19.9 Å². The summed E-state index contributed by atoms with van der Waals surface area (Å²) in [5.41, 5.74) is 3.81. The molecule has 0 bridgehead atoms. The molecule has 0 atom stereocenters. The Kier molecular flexibility index (Phi) is 9.10. The molecule has 2 aromatic rings. The maximum atomic E-state index is 12.0. The third-order valence-electron chi connectivity index (χ3n) is 4.23. The lowest BCUT2D eigenvalue weighted by atomic mass is 10.1. The topological polar surface area (TPSA) is 109 Å². The molecule has 2 rings (SSSR count). The van der Waals surface area contributed by atoms with Crippen LogP contribution in [0.15, 0.2) is 54.2 Å². The van der Waals surface area contributed by atoms with Crippen molar-refractivity contribution in [1.29, 1.82) is 0 Å². The van der Waals surface area contributed by atoms with Crippen molar-refractivity contribution in [2.24, 2.45) is 5.10 Å². The highest BCUT2D eigenvalue weighted by molar-refractivity contribution is 6.39. The molecule has 0 saturated carbocycles. The number of allylic oxidation sites excluding steroid dienone is 1. The molecule has 164 valence electrons. The van der Waals surface area contributed by atoms with Crippen molar-refractivity contribution in [3.05, 3.63) is 60.2 Å². The summed E-state index contributed by atoms with van der Waals surface area (Å²) in [5.74, 6) is -0.790. The largest absolute Gasteiger partial charge is 0.504 e. The molecule has 0 saturated heterocycles. The Hall–Kier alpha value is -3.81. The Morgan fingerprint density at radius 1 is 1.19 bits per heavy atom. The van der Waals surface area contributed by atoms with Gasteiger partial charge >= 0.3 is 11.8 Å². The number of methoxy groups -OCH3 is 1. The number of ether oxygens (including phenoxy) is 2. The van der Waals surface area contributed by atoms with E-state index in [1.54, 1.807) is 42.5 Å². The maximum absolute atomic E-state index is 12.0. The third-order valence-corrected chi connectivity index (χ3v) is 4.23. The van der Waals surface area contributed by atoms with Crippen LogP contribution >= 0.6 is 0 Å². The fourth-order valence-corrected chi connectivity index (χ4v) is 2.60. The number of amides is 2. The van der Waals surface area contributed by atoms with Crippen molar-refractivity contribution >= 4 is 23.7 Å². The van der Waals surface area contributed by atoms with Gasteiger partial charge in [0.15, 0.2) is 11.5 Å². The van der Waals surface area contributed by atoms with Gasteiger partial charge in [-0.25, -0.2) is 5.43 Å². The fraction of sp³-hybridized carbons (Fsp3) is 0.261. The number of hydrogen-bond donors (Lipinski definition) is 3. The number of aromatic hydroxyl groups is 1. The Bertz CT molecular complexity index is 939. The first-order valence-electron chi connectivity index (χ1n) is 9.86. The van der Waals surface area contributed by atoms with E-state index in [0.29, 0.717) is 35.6 Å². The van der Waals surface area contributed by atoms with Gasteiger partial charge in [-0.15, -0.1) is 6.58 Å². The Morgan fingerprint density at radius 3 is 2.58 bits per heavy atom. The summed E-state index contributed by atoms with van der Waals surface area (Å²) in [6.07, 6.45) is 5.43. The van der Waals surface area contributed by atoms with Crippen LogP contribution in [0.2, 0.25) is 0 Å². The monoisotopic (exact) mass is 425 g/mol. The van der Waals surface area contributed by atoms with Gasteiger partial charge in [-0.1, -0.05) is 19.4 Å². The summed E-state index contributed by atoms with van der Waals surface area (Å²) in [4.78, 5) is 24.0. The van der Waals surface area contributed by atoms with E-state index in [4.69, 9.17) is 9.47 Å². The summed E-state index contributed by atoms with van der Waals surface area (Å²) >= 11 is 0. The molecular weight excluding hydrogens is 398 g/mol. The summed E-state index contributed by atoms with van der Waals surface area (Å²) in [6, 6.07) is 9.99. The molecule has 0 aliphatic carbocycles. The minimum Gasteiger partial charge on any atom is -0.504 e. The quantitative estimate of drug-likeness (QED) is 0.178. The molecule has 0 spiro atoms. The van der Waals surface area contributed by atoms with Crippen LogP contribution < -0.4 is 20.2 Å². The van der Waals surface area contributed by atoms with E-state index in [2.05, 4.69) is 29.3 Å². The van der Waals surface area contributed by atoms with E-state index < -0.39 is 11.8 Å². The highest BCUT2D eigenvalue weighted by Crippen LogP contribution is 2.31. The van der Waals surface area contributed by atoms with E-state index in [1.807, 2.05) is 0 Å². The number of hydrazone groups is 1. The van der Waals surface area contributed by atoms with Crippen molar-refractivity contribution in [2.45, 2.75) is 26.2 Å². The number of nitrogens with zero attached hydrogens (tertiary/aromatic N) is 1. The molecule has 0 fully saturated rings. The van der Waals surface area contributed by atoms with Gasteiger partial charge in [-0.3, -0.25) is 9.59 Å². The van der Waals surface area contributed by atoms with Gasteiger partial charge in [0.1, 0.15) is 5.75 Å². The molecule has 0 aliphatic heterocycles. The minimum absolute atomic E-state index is 0.0183. The third kappa shape index (κ3) is 7.18. The number of hydrogen-bond acceptors (Lipinski definition) is 6. The van der Waals surface area contributed by atoms with Crippen LogP contribution in [-0.4, -0.2) is 36.9 Å². The molecule has 8 nitrogen and oxygen atoms in total. The number of unbranched alkanes of at least 4 members (excludes halogenated alkanes) is 1. The van der Waals surface area contributed by atoms with Crippen molar-refractivity contribution in [3.8, 4) is 17.2 Å². The fourth-order valence-electron chi connectivity index (χ4n) is 2.60. The molecule has 8 heteroatoms. The number of anilines is 1. The van der Waals surface area contributed by atoms with Crippen LogP contribution in [0.3, 0.4) is 0 Å². The Balaban J connectivity index is 1.93. The molecule has 0 unspecified atom stereocenters. The lowest BCUT2D eigenvalue weighted by Gasteiger charge is -2.09. The number of phenolic OH excluding ortho intramolecular Hbond substituents is 1. The van der Waals surface area contributed by atoms with Crippen molar-refractivity contribution < 1.29 is 24.2 Å².